The number of aromatic amines is 1. The monoisotopic (exact) mass is 490 g/mol. The van der Waals surface area contributed by atoms with E-state index in [0.717, 1.165) is 17.5 Å². The fourth-order valence-electron chi connectivity index (χ4n) is 4.42. The van der Waals surface area contributed by atoms with Gasteiger partial charge in [-0.25, -0.2) is 9.78 Å². The number of carbonyl (C=O) groups is 1. The molecule has 1 unspecified atom stereocenters. The van der Waals surface area contributed by atoms with Crippen molar-refractivity contribution in [1.82, 2.24) is 19.1 Å². The van der Waals surface area contributed by atoms with Gasteiger partial charge in [-0.1, -0.05) is 26.0 Å². The van der Waals surface area contributed by atoms with Gasteiger partial charge in [0.25, 0.3) is 0 Å². The van der Waals surface area contributed by atoms with Crippen LogP contribution in [0.2, 0.25) is 0 Å². The lowest BCUT2D eigenvalue weighted by atomic mass is 10.0. The minimum absolute atomic E-state index is 0.0285. The SMILES string of the molecule is CC(C)CCC(c1nc2cc(C(=N)N)ccc2[nH]1)n1c(=O)n(CC(=O)OC(C)(C)C)c2ccccc21. The van der Waals surface area contributed by atoms with E-state index in [1.165, 1.54) is 4.57 Å². The number of nitrogens with one attached hydrogen (secondary N) is 2. The number of nitrogens with zero attached hydrogens (tertiary/aromatic N) is 3. The molecule has 0 radical (unpaired) electrons. The number of benzene rings is 2. The average molecular weight is 491 g/mol. The molecule has 9 heteroatoms. The second-order valence-electron chi connectivity index (χ2n) is 10.6. The lowest BCUT2D eigenvalue weighted by Gasteiger charge is -2.19. The maximum Gasteiger partial charge on any atom is 0.330 e. The molecule has 2 aromatic heterocycles. The van der Waals surface area contributed by atoms with Crippen molar-refractivity contribution >= 4 is 33.9 Å². The van der Waals surface area contributed by atoms with Crippen molar-refractivity contribution in [1.29, 1.82) is 5.41 Å². The van der Waals surface area contributed by atoms with E-state index in [9.17, 15) is 9.59 Å². The maximum atomic E-state index is 13.8. The molecular formula is C27H34N6O3. The smallest absolute Gasteiger partial charge is 0.330 e. The van der Waals surface area contributed by atoms with E-state index in [2.05, 4.69) is 18.8 Å². The molecule has 4 rings (SSSR count). The fourth-order valence-corrected chi connectivity index (χ4v) is 4.42. The number of carbonyl (C=O) groups excluding carboxylic acids is 1. The molecule has 0 saturated carbocycles. The molecule has 190 valence electrons. The van der Waals surface area contributed by atoms with Crippen molar-refractivity contribution in [2.75, 3.05) is 0 Å². The molecule has 1 atom stereocenters. The van der Waals surface area contributed by atoms with Gasteiger partial charge in [0.1, 0.15) is 23.8 Å². The minimum Gasteiger partial charge on any atom is -0.459 e. The Labute approximate surface area is 209 Å². The van der Waals surface area contributed by atoms with E-state index >= 15 is 0 Å². The molecule has 2 aromatic carbocycles. The summed E-state index contributed by atoms with van der Waals surface area (Å²) in [6, 6.07) is 12.5. The van der Waals surface area contributed by atoms with Crippen LogP contribution in [-0.2, 0) is 16.1 Å². The van der Waals surface area contributed by atoms with Gasteiger partial charge in [-0.2, -0.15) is 0 Å². The number of aromatic nitrogens is 4. The van der Waals surface area contributed by atoms with Crippen LogP contribution < -0.4 is 11.4 Å². The van der Waals surface area contributed by atoms with Gasteiger partial charge in [-0.15, -0.1) is 0 Å². The molecule has 0 aliphatic rings. The van der Waals surface area contributed by atoms with Gasteiger partial charge in [0.05, 0.1) is 28.1 Å². The molecular weight excluding hydrogens is 456 g/mol. The lowest BCUT2D eigenvalue weighted by molar-refractivity contribution is -0.155. The topological polar surface area (TPSA) is 132 Å². The van der Waals surface area contributed by atoms with Crippen LogP contribution in [0.3, 0.4) is 0 Å². The van der Waals surface area contributed by atoms with E-state index in [-0.39, 0.29) is 24.1 Å². The summed E-state index contributed by atoms with van der Waals surface area (Å²) in [7, 11) is 0. The summed E-state index contributed by atoms with van der Waals surface area (Å²) in [6.07, 6.45) is 1.55. The molecule has 0 spiro atoms. The Morgan fingerprint density at radius 1 is 1.14 bits per heavy atom. The van der Waals surface area contributed by atoms with Crippen LogP contribution in [0.1, 0.15) is 64.9 Å². The van der Waals surface area contributed by atoms with Crippen molar-refractivity contribution in [3.8, 4) is 0 Å². The molecule has 4 N–H and O–H groups in total. The standard InChI is InChI=1S/C27H34N6O3/c1-16(2)10-13-22(25-30-18-12-11-17(24(28)29)14-19(18)31-25)33-21-9-7-6-8-20(21)32(26(33)35)15-23(34)36-27(3,4)5/h6-9,11-12,14,16,22H,10,13,15H2,1-5H3,(H3,28,29)(H,30,31). The van der Waals surface area contributed by atoms with Crippen molar-refractivity contribution in [2.24, 2.45) is 11.7 Å². The summed E-state index contributed by atoms with van der Waals surface area (Å²) in [5, 5.41) is 7.73. The Morgan fingerprint density at radius 3 is 2.47 bits per heavy atom. The predicted molar refractivity (Wildman–Crippen MR) is 141 cm³/mol. The van der Waals surface area contributed by atoms with E-state index in [1.807, 2.05) is 30.3 Å². The minimum atomic E-state index is -0.647. The predicted octanol–water partition coefficient (Wildman–Crippen LogP) is 4.33. The molecule has 0 amide bonds. The van der Waals surface area contributed by atoms with E-state index < -0.39 is 11.6 Å². The number of imidazole rings is 2. The molecule has 9 nitrogen and oxygen atoms in total. The van der Waals surface area contributed by atoms with Gasteiger partial charge >= 0.3 is 11.7 Å². The third-order valence-corrected chi connectivity index (χ3v) is 6.03. The van der Waals surface area contributed by atoms with Gasteiger partial charge in [-0.3, -0.25) is 19.3 Å². The number of ether oxygens (including phenoxy) is 1. The Balaban J connectivity index is 1.85. The zero-order valence-corrected chi connectivity index (χ0v) is 21.5. The molecule has 0 bridgehead atoms. The van der Waals surface area contributed by atoms with Crippen molar-refractivity contribution < 1.29 is 9.53 Å². The average Bonchev–Trinajstić information content (AvgIpc) is 3.32. The first kappa shape index (κ1) is 25.2. The van der Waals surface area contributed by atoms with E-state index in [1.54, 1.807) is 37.5 Å². The number of H-pyrrole nitrogens is 1. The first-order chi connectivity index (χ1) is 16.9. The Hall–Kier alpha value is -3.88. The lowest BCUT2D eigenvalue weighted by Crippen LogP contribution is -2.33. The Kier molecular flexibility index (Phi) is 6.75. The summed E-state index contributed by atoms with van der Waals surface area (Å²) < 4.78 is 8.70. The number of hydrogen-bond donors (Lipinski definition) is 3. The highest BCUT2D eigenvalue weighted by atomic mass is 16.6. The number of esters is 1. The van der Waals surface area contributed by atoms with Crippen molar-refractivity contribution in [3.63, 3.8) is 0 Å². The zero-order chi connectivity index (χ0) is 26.2. The second kappa shape index (κ2) is 9.64. The first-order valence-corrected chi connectivity index (χ1v) is 12.2. The van der Waals surface area contributed by atoms with E-state index in [4.69, 9.17) is 20.9 Å². The summed E-state index contributed by atoms with van der Waals surface area (Å²) in [6.45, 7) is 9.52. The highest BCUT2D eigenvalue weighted by molar-refractivity contribution is 5.98. The number of nitrogens with two attached hydrogens (primary N) is 1. The summed E-state index contributed by atoms with van der Waals surface area (Å²) in [5.41, 5.74) is 8.19. The summed E-state index contributed by atoms with van der Waals surface area (Å²) >= 11 is 0. The fraction of sp³-hybridized carbons (Fsp3) is 0.407. The molecule has 36 heavy (non-hydrogen) atoms. The number of amidine groups is 1. The third kappa shape index (κ3) is 5.19. The van der Waals surface area contributed by atoms with Gasteiger partial charge in [0, 0.05) is 5.56 Å². The van der Waals surface area contributed by atoms with Crippen molar-refractivity contribution in [2.45, 2.75) is 65.6 Å². The van der Waals surface area contributed by atoms with Gasteiger partial charge in [0.2, 0.25) is 0 Å². The highest BCUT2D eigenvalue weighted by Crippen LogP contribution is 2.28. The Morgan fingerprint density at radius 2 is 1.83 bits per heavy atom. The quantitative estimate of drug-likeness (QED) is 0.192. The van der Waals surface area contributed by atoms with Gasteiger partial charge in [-0.05, 0) is 69.9 Å². The van der Waals surface area contributed by atoms with Crippen LogP contribution in [0, 0.1) is 11.3 Å². The zero-order valence-electron chi connectivity index (χ0n) is 21.5. The number of fused-ring (bicyclic) bond motifs is 2. The summed E-state index contributed by atoms with van der Waals surface area (Å²) in [4.78, 5) is 34.7. The van der Waals surface area contributed by atoms with Crippen molar-refractivity contribution in [3.05, 3.63) is 64.3 Å². The van der Waals surface area contributed by atoms with Crippen LogP contribution in [0.15, 0.2) is 47.3 Å². The van der Waals surface area contributed by atoms with Gasteiger partial charge in [0.15, 0.2) is 0 Å². The molecule has 0 saturated heterocycles. The van der Waals surface area contributed by atoms with Gasteiger partial charge < -0.3 is 15.5 Å². The first-order valence-electron chi connectivity index (χ1n) is 12.2. The van der Waals surface area contributed by atoms with Crippen LogP contribution in [0.25, 0.3) is 22.1 Å². The molecule has 0 aliphatic heterocycles. The van der Waals surface area contributed by atoms with Crippen LogP contribution in [0.5, 0.6) is 0 Å². The molecule has 0 fully saturated rings. The van der Waals surface area contributed by atoms with Crippen LogP contribution >= 0.6 is 0 Å². The van der Waals surface area contributed by atoms with Crippen LogP contribution in [-0.4, -0.2) is 36.5 Å². The van der Waals surface area contributed by atoms with Crippen LogP contribution in [0.4, 0.5) is 0 Å². The molecule has 0 aliphatic carbocycles. The van der Waals surface area contributed by atoms with E-state index in [0.29, 0.717) is 34.8 Å². The number of nitrogen functional groups attached to an aromatic ring is 1. The molecule has 4 aromatic rings. The number of para-hydroxylation sites is 2. The largest absolute Gasteiger partial charge is 0.459 e. The Bertz CT molecular complexity index is 1480. The maximum absolute atomic E-state index is 13.8. The number of rotatable bonds is 8. The second-order valence-corrected chi connectivity index (χ2v) is 10.6. The normalized spacial score (nSPS) is 12.9. The molecule has 2 heterocycles. The third-order valence-electron chi connectivity index (χ3n) is 6.03. The highest BCUT2D eigenvalue weighted by Gasteiger charge is 2.26. The number of hydrogen-bond acceptors (Lipinski definition) is 5. The summed E-state index contributed by atoms with van der Waals surface area (Å²) in [5.74, 6) is 0.576.